The first-order chi connectivity index (χ1) is 12.2. The Balaban J connectivity index is 1.79. The van der Waals surface area contributed by atoms with Crippen LogP contribution in [0.2, 0.25) is 5.02 Å². The number of guanidine groups is 1. The Morgan fingerprint density at radius 1 is 1.36 bits per heavy atom. The summed E-state index contributed by atoms with van der Waals surface area (Å²) in [6.07, 6.45) is 4.46. The topological polar surface area (TPSA) is 48.9 Å². The van der Waals surface area contributed by atoms with Crippen LogP contribution in [0.1, 0.15) is 32.6 Å². The molecule has 25 heavy (non-hydrogen) atoms. The van der Waals surface area contributed by atoms with Crippen molar-refractivity contribution in [1.82, 2.24) is 10.6 Å². The third kappa shape index (κ3) is 7.12. The normalized spacial score (nSPS) is 17.8. The molecule has 1 aromatic rings. The molecule has 140 valence electrons. The number of nitrogens with zero attached hydrogens (tertiary/aromatic N) is 2. The standard InChI is InChI=1S/C19H31ClN4O/c1-3-21-19(22-11-5-4-6-13-25-2)23-17-10-12-24(15-17)18-9-7-8-16(20)14-18/h7-9,14,17H,3-6,10-13,15H2,1-2H3,(H2,21,22,23). The molecule has 0 radical (unpaired) electrons. The molecule has 1 aliphatic rings. The lowest BCUT2D eigenvalue weighted by molar-refractivity contribution is 0.192. The molecular formula is C19H31ClN4O. The van der Waals surface area contributed by atoms with Crippen LogP contribution in [0.5, 0.6) is 0 Å². The molecule has 1 atom stereocenters. The molecule has 1 saturated heterocycles. The highest BCUT2D eigenvalue weighted by molar-refractivity contribution is 6.30. The van der Waals surface area contributed by atoms with Gasteiger partial charge in [0.2, 0.25) is 0 Å². The molecule has 5 nitrogen and oxygen atoms in total. The molecule has 1 fully saturated rings. The van der Waals surface area contributed by atoms with E-state index in [0.29, 0.717) is 6.04 Å². The largest absolute Gasteiger partial charge is 0.385 e. The number of rotatable bonds is 9. The summed E-state index contributed by atoms with van der Waals surface area (Å²) in [4.78, 5) is 7.07. The van der Waals surface area contributed by atoms with E-state index in [-0.39, 0.29) is 0 Å². The lowest BCUT2D eigenvalue weighted by Gasteiger charge is -2.20. The molecule has 1 heterocycles. The molecule has 0 bridgehead atoms. The second kappa shape index (κ2) is 11.2. The zero-order valence-corrected chi connectivity index (χ0v) is 16.2. The average Bonchev–Trinajstić information content (AvgIpc) is 3.06. The smallest absolute Gasteiger partial charge is 0.191 e. The Morgan fingerprint density at radius 2 is 2.24 bits per heavy atom. The molecule has 6 heteroatoms. The fourth-order valence-electron chi connectivity index (χ4n) is 3.02. The minimum atomic E-state index is 0.408. The zero-order chi connectivity index (χ0) is 17.9. The number of benzene rings is 1. The SMILES string of the molecule is CCNC(=NCCCCCOC)NC1CCN(c2cccc(Cl)c2)C1. The third-order valence-electron chi connectivity index (χ3n) is 4.32. The van der Waals surface area contributed by atoms with Crippen molar-refractivity contribution in [2.24, 2.45) is 4.99 Å². The van der Waals surface area contributed by atoms with Crippen molar-refractivity contribution in [3.63, 3.8) is 0 Å². The molecule has 1 unspecified atom stereocenters. The predicted octanol–water partition coefficient (Wildman–Crippen LogP) is 3.29. The van der Waals surface area contributed by atoms with Gasteiger partial charge in [0.05, 0.1) is 0 Å². The van der Waals surface area contributed by atoms with Crippen LogP contribution in [0.15, 0.2) is 29.3 Å². The highest BCUT2D eigenvalue weighted by atomic mass is 35.5. The van der Waals surface area contributed by atoms with Crippen LogP contribution in [-0.4, -0.2) is 51.9 Å². The number of methoxy groups -OCH3 is 1. The molecule has 1 aliphatic heterocycles. The fourth-order valence-corrected chi connectivity index (χ4v) is 3.21. The number of nitrogens with one attached hydrogen (secondary N) is 2. The van der Waals surface area contributed by atoms with Crippen molar-refractivity contribution in [2.45, 2.75) is 38.6 Å². The summed E-state index contributed by atoms with van der Waals surface area (Å²) in [5, 5.41) is 7.71. The molecule has 0 aliphatic carbocycles. The van der Waals surface area contributed by atoms with E-state index in [2.05, 4.69) is 28.5 Å². The van der Waals surface area contributed by atoms with Gasteiger partial charge >= 0.3 is 0 Å². The number of unbranched alkanes of at least 4 members (excludes halogenated alkanes) is 2. The minimum Gasteiger partial charge on any atom is -0.385 e. The highest BCUT2D eigenvalue weighted by Crippen LogP contribution is 2.23. The first-order valence-electron chi connectivity index (χ1n) is 9.27. The van der Waals surface area contributed by atoms with E-state index >= 15 is 0 Å². The predicted molar refractivity (Wildman–Crippen MR) is 107 cm³/mol. The molecule has 0 saturated carbocycles. The van der Waals surface area contributed by atoms with E-state index in [1.165, 1.54) is 5.69 Å². The van der Waals surface area contributed by atoms with Crippen LogP contribution in [0.4, 0.5) is 5.69 Å². The number of ether oxygens (including phenoxy) is 1. The molecule has 0 spiro atoms. The lowest BCUT2D eigenvalue weighted by atomic mass is 10.2. The summed E-state index contributed by atoms with van der Waals surface area (Å²) in [5.41, 5.74) is 1.19. The summed E-state index contributed by atoms with van der Waals surface area (Å²) in [6.45, 7) is 6.67. The number of hydrogen-bond acceptors (Lipinski definition) is 3. The van der Waals surface area contributed by atoms with Crippen LogP contribution in [0.25, 0.3) is 0 Å². The van der Waals surface area contributed by atoms with Crippen LogP contribution >= 0.6 is 11.6 Å². The van der Waals surface area contributed by atoms with Crippen molar-refractivity contribution < 1.29 is 4.74 Å². The number of anilines is 1. The Labute approximate surface area is 156 Å². The number of hydrogen-bond donors (Lipinski definition) is 2. The van der Waals surface area contributed by atoms with Crippen molar-refractivity contribution in [1.29, 1.82) is 0 Å². The van der Waals surface area contributed by atoms with Gasteiger partial charge in [-0.05, 0) is 50.8 Å². The second-order valence-corrected chi connectivity index (χ2v) is 6.81. The van der Waals surface area contributed by atoms with Crippen molar-refractivity contribution in [2.75, 3.05) is 44.8 Å². The first-order valence-corrected chi connectivity index (χ1v) is 9.65. The molecule has 0 aromatic heterocycles. The summed E-state index contributed by atoms with van der Waals surface area (Å²) >= 11 is 6.11. The highest BCUT2D eigenvalue weighted by Gasteiger charge is 2.23. The van der Waals surface area contributed by atoms with Gasteiger partial charge in [0.1, 0.15) is 0 Å². The Hall–Kier alpha value is -1.46. The number of aliphatic imine (C=N–C) groups is 1. The van der Waals surface area contributed by atoms with Gasteiger partial charge in [-0.2, -0.15) is 0 Å². The maximum atomic E-state index is 6.11. The van der Waals surface area contributed by atoms with Gasteiger partial charge in [-0.1, -0.05) is 17.7 Å². The van der Waals surface area contributed by atoms with Gasteiger partial charge in [0.15, 0.2) is 5.96 Å². The van der Waals surface area contributed by atoms with Gasteiger partial charge in [-0.15, -0.1) is 0 Å². The van der Waals surface area contributed by atoms with Crippen LogP contribution in [0, 0.1) is 0 Å². The van der Waals surface area contributed by atoms with Gasteiger partial charge in [0.25, 0.3) is 0 Å². The number of halogens is 1. The molecule has 0 amide bonds. The van der Waals surface area contributed by atoms with Gasteiger partial charge in [-0.25, -0.2) is 0 Å². The molecule has 2 N–H and O–H groups in total. The van der Waals surface area contributed by atoms with E-state index in [1.807, 2.05) is 18.2 Å². The van der Waals surface area contributed by atoms with E-state index in [1.54, 1.807) is 7.11 Å². The lowest BCUT2D eigenvalue weighted by Crippen LogP contribution is -2.44. The van der Waals surface area contributed by atoms with E-state index in [0.717, 1.165) is 69.5 Å². The summed E-state index contributed by atoms with van der Waals surface area (Å²) < 4.78 is 5.08. The van der Waals surface area contributed by atoms with Gasteiger partial charge in [-0.3, -0.25) is 4.99 Å². The quantitative estimate of drug-likeness (QED) is 0.400. The fraction of sp³-hybridized carbons (Fsp3) is 0.632. The van der Waals surface area contributed by atoms with Gasteiger partial charge < -0.3 is 20.3 Å². The first kappa shape index (κ1) is 19.9. The van der Waals surface area contributed by atoms with Crippen LogP contribution in [-0.2, 0) is 4.74 Å². The van der Waals surface area contributed by atoms with Crippen molar-refractivity contribution in [3.05, 3.63) is 29.3 Å². The summed E-state index contributed by atoms with van der Waals surface area (Å²) in [5.74, 6) is 0.923. The monoisotopic (exact) mass is 366 g/mol. The molecular weight excluding hydrogens is 336 g/mol. The Bertz CT molecular complexity index is 538. The molecule has 1 aromatic carbocycles. The maximum absolute atomic E-state index is 6.11. The van der Waals surface area contributed by atoms with Crippen LogP contribution < -0.4 is 15.5 Å². The molecule has 2 rings (SSSR count). The minimum absolute atomic E-state index is 0.408. The van der Waals surface area contributed by atoms with Gasteiger partial charge in [0, 0.05) is 56.6 Å². The van der Waals surface area contributed by atoms with Crippen molar-refractivity contribution >= 4 is 23.2 Å². The van der Waals surface area contributed by atoms with E-state index < -0.39 is 0 Å². The Morgan fingerprint density at radius 3 is 3.00 bits per heavy atom. The zero-order valence-electron chi connectivity index (χ0n) is 15.4. The van der Waals surface area contributed by atoms with E-state index in [9.17, 15) is 0 Å². The Kier molecular flexibility index (Phi) is 8.91. The van der Waals surface area contributed by atoms with Crippen LogP contribution in [0.3, 0.4) is 0 Å². The summed E-state index contributed by atoms with van der Waals surface area (Å²) in [7, 11) is 1.75. The average molecular weight is 367 g/mol. The van der Waals surface area contributed by atoms with Crippen molar-refractivity contribution in [3.8, 4) is 0 Å². The second-order valence-electron chi connectivity index (χ2n) is 6.37. The third-order valence-corrected chi connectivity index (χ3v) is 4.56. The maximum Gasteiger partial charge on any atom is 0.191 e. The summed E-state index contributed by atoms with van der Waals surface area (Å²) in [6, 6.07) is 8.48. The van der Waals surface area contributed by atoms with E-state index in [4.69, 9.17) is 21.3 Å².